The number of aryl methyl sites for hydroxylation is 1. The summed E-state index contributed by atoms with van der Waals surface area (Å²) in [4.78, 5) is 30.8. The molecule has 1 unspecified atom stereocenters. The number of nitrogens with zero attached hydrogens (tertiary/aromatic N) is 3. The molecule has 0 radical (unpaired) electrons. The Bertz CT molecular complexity index is 1010. The van der Waals surface area contributed by atoms with Gasteiger partial charge in [-0.1, -0.05) is 12.1 Å². The monoisotopic (exact) mass is 365 g/mol. The Balaban J connectivity index is 1.50. The molecule has 0 aliphatic carbocycles. The van der Waals surface area contributed by atoms with Gasteiger partial charge in [-0.15, -0.1) is 0 Å². The lowest BCUT2D eigenvalue weighted by Crippen LogP contribution is -2.41. The van der Waals surface area contributed by atoms with Crippen molar-refractivity contribution >= 4 is 16.9 Å². The average molecular weight is 365 g/mol. The van der Waals surface area contributed by atoms with Gasteiger partial charge in [-0.25, -0.2) is 9.78 Å². The number of amides is 1. The molecule has 1 saturated heterocycles. The Morgan fingerprint density at radius 3 is 3.04 bits per heavy atom. The van der Waals surface area contributed by atoms with E-state index in [0.717, 1.165) is 49.0 Å². The zero-order chi connectivity index (χ0) is 18.8. The van der Waals surface area contributed by atoms with Crippen molar-refractivity contribution in [3.8, 4) is 0 Å². The van der Waals surface area contributed by atoms with Crippen LogP contribution in [0.4, 0.5) is 0 Å². The van der Waals surface area contributed by atoms with Crippen LogP contribution in [0.3, 0.4) is 0 Å². The Morgan fingerprint density at radius 1 is 1.33 bits per heavy atom. The molecule has 27 heavy (non-hydrogen) atoms. The number of hydrogen-bond donors (Lipinski definition) is 0. The molecule has 1 aliphatic heterocycles. The van der Waals surface area contributed by atoms with Crippen molar-refractivity contribution in [3.63, 3.8) is 0 Å². The fraction of sp³-hybridized carbons (Fsp3) is 0.381. The third-order valence-electron chi connectivity index (χ3n) is 5.23. The summed E-state index contributed by atoms with van der Waals surface area (Å²) < 4.78 is 7.36. The summed E-state index contributed by atoms with van der Waals surface area (Å²) in [6.45, 7) is 4.35. The van der Waals surface area contributed by atoms with Crippen LogP contribution in [0.15, 0.2) is 52.2 Å². The van der Waals surface area contributed by atoms with Crippen LogP contribution in [0, 0.1) is 12.8 Å². The number of carbonyl (C=O) groups excluding carboxylic acids is 1. The van der Waals surface area contributed by atoms with Gasteiger partial charge in [-0.3, -0.25) is 4.79 Å². The zero-order valence-corrected chi connectivity index (χ0v) is 15.4. The number of fused-ring (bicyclic) bond motifs is 1. The van der Waals surface area contributed by atoms with Crippen molar-refractivity contribution in [1.29, 1.82) is 0 Å². The van der Waals surface area contributed by atoms with Crippen LogP contribution in [-0.2, 0) is 17.8 Å². The van der Waals surface area contributed by atoms with E-state index < -0.39 is 5.63 Å². The number of rotatable bonds is 4. The van der Waals surface area contributed by atoms with Gasteiger partial charge in [-0.05, 0) is 42.9 Å². The first-order chi connectivity index (χ1) is 13.1. The van der Waals surface area contributed by atoms with Crippen LogP contribution < -0.4 is 5.63 Å². The van der Waals surface area contributed by atoms with Crippen LogP contribution in [0.2, 0.25) is 0 Å². The lowest BCUT2D eigenvalue weighted by molar-refractivity contribution is -0.132. The van der Waals surface area contributed by atoms with E-state index in [4.69, 9.17) is 4.42 Å². The minimum atomic E-state index is -0.410. The second kappa shape index (κ2) is 7.39. The molecule has 6 nitrogen and oxygen atoms in total. The maximum Gasteiger partial charge on any atom is 0.336 e. The van der Waals surface area contributed by atoms with E-state index in [2.05, 4.69) is 9.55 Å². The molecule has 4 rings (SSSR count). The first kappa shape index (κ1) is 17.5. The number of imidazole rings is 1. The molecule has 1 aromatic carbocycles. The largest absolute Gasteiger partial charge is 0.423 e. The molecule has 2 aromatic heterocycles. The molecule has 3 aromatic rings. The topological polar surface area (TPSA) is 68.3 Å². The summed E-state index contributed by atoms with van der Waals surface area (Å²) in [5.41, 5.74) is 1.89. The summed E-state index contributed by atoms with van der Waals surface area (Å²) in [6.07, 6.45) is 7.89. The van der Waals surface area contributed by atoms with Gasteiger partial charge >= 0.3 is 5.63 Å². The molecule has 3 heterocycles. The molecule has 1 atom stereocenters. The molecule has 0 bridgehead atoms. The van der Waals surface area contributed by atoms with Gasteiger partial charge in [0.1, 0.15) is 5.58 Å². The third-order valence-corrected chi connectivity index (χ3v) is 5.23. The molecule has 0 saturated carbocycles. The van der Waals surface area contributed by atoms with Crippen LogP contribution >= 0.6 is 0 Å². The van der Waals surface area contributed by atoms with Gasteiger partial charge in [0.2, 0.25) is 5.91 Å². The van der Waals surface area contributed by atoms with E-state index in [9.17, 15) is 9.59 Å². The summed E-state index contributed by atoms with van der Waals surface area (Å²) in [5.74, 6) is 0.495. The van der Waals surface area contributed by atoms with Gasteiger partial charge in [0.25, 0.3) is 0 Å². The van der Waals surface area contributed by atoms with Crippen molar-refractivity contribution in [2.45, 2.75) is 32.7 Å². The van der Waals surface area contributed by atoms with Gasteiger partial charge in [-0.2, -0.15) is 0 Å². The van der Waals surface area contributed by atoms with E-state index in [0.29, 0.717) is 11.5 Å². The quantitative estimate of drug-likeness (QED) is 0.667. The number of hydrogen-bond acceptors (Lipinski definition) is 4. The summed E-state index contributed by atoms with van der Waals surface area (Å²) in [6, 6.07) is 7.18. The van der Waals surface area contributed by atoms with E-state index in [1.54, 1.807) is 6.20 Å². The number of likely N-dealkylation sites (tertiary alicyclic amines) is 1. The Hall–Kier alpha value is -2.89. The second-order valence-electron chi connectivity index (χ2n) is 7.37. The highest BCUT2D eigenvalue weighted by atomic mass is 16.4. The summed E-state index contributed by atoms with van der Waals surface area (Å²) >= 11 is 0. The first-order valence-corrected chi connectivity index (χ1v) is 9.35. The zero-order valence-electron chi connectivity index (χ0n) is 15.4. The highest BCUT2D eigenvalue weighted by Gasteiger charge is 2.24. The van der Waals surface area contributed by atoms with Crippen LogP contribution in [-0.4, -0.2) is 33.4 Å². The van der Waals surface area contributed by atoms with E-state index >= 15 is 0 Å². The Kier molecular flexibility index (Phi) is 4.79. The van der Waals surface area contributed by atoms with Crippen molar-refractivity contribution in [1.82, 2.24) is 14.5 Å². The first-order valence-electron chi connectivity index (χ1n) is 9.35. The normalized spacial score (nSPS) is 17.4. The number of carbonyl (C=O) groups is 1. The van der Waals surface area contributed by atoms with Gasteiger partial charge < -0.3 is 13.9 Å². The van der Waals surface area contributed by atoms with E-state index in [1.165, 1.54) is 6.07 Å². The molecule has 6 heteroatoms. The molecule has 0 spiro atoms. The van der Waals surface area contributed by atoms with Crippen molar-refractivity contribution in [2.75, 3.05) is 13.1 Å². The van der Waals surface area contributed by atoms with Crippen LogP contribution in [0.25, 0.3) is 11.0 Å². The van der Waals surface area contributed by atoms with Crippen molar-refractivity contribution in [2.24, 2.45) is 5.92 Å². The minimum absolute atomic E-state index is 0.0674. The third kappa shape index (κ3) is 3.94. The predicted octanol–water partition coefficient (Wildman–Crippen LogP) is 2.78. The number of piperidine rings is 1. The van der Waals surface area contributed by atoms with Crippen molar-refractivity contribution in [3.05, 3.63) is 64.5 Å². The molecular weight excluding hydrogens is 342 g/mol. The molecular formula is C21H23N3O3. The summed E-state index contributed by atoms with van der Waals surface area (Å²) in [7, 11) is 0. The highest BCUT2D eigenvalue weighted by Crippen LogP contribution is 2.22. The van der Waals surface area contributed by atoms with Crippen molar-refractivity contribution < 1.29 is 9.21 Å². The summed E-state index contributed by atoms with van der Waals surface area (Å²) in [5, 5.41) is 0.834. The molecule has 140 valence electrons. The maximum absolute atomic E-state index is 12.9. The van der Waals surface area contributed by atoms with Crippen LogP contribution in [0.1, 0.15) is 24.0 Å². The number of benzene rings is 1. The maximum atomic E-state index is 12.9. The van der Waals surface area contributed by atoms with E-state index in [1.807, 2.05) is 42.5 Å². The standard InChI is InChI=1S/C21H23N3O3/c1-15-4-5-18-17(11-21(26)27-19(18)9-15)10-20(25)24-7-2-3-16(13-24)12-23-8-6-22-14-23/h4-6,8-9,11,14,16H,2-3,7,10,12-13H2,1H3. The van der Waals surface area contributed by atoms with Gasteiger partial charge in [0, 0.05) is 43.5 Å². The predicted molar refractivity (Wildman–Crippen MR) is 102 cm³/mol. The highest BCUT2D eigenvalue weighted by molar-refractivity contribution is 5.87. The Labute approximate surface area is 157 Å². The molecule has 0 N–H and O–H groups in total. The fourth-order valence-electron chi connectivity index (χ4n) is 3.89. The Morgan fingerprint density at radius 2 is 2.22 bits per heavy atom. The number of aromatic nitrogens is 2. The SMILES string of the molecule is Cc1ccc2c(CC(=O)N3CCCC(Cn4ccnc4)C3)cc(=O)oc2c1. The van der Waals surface area contributed by atoms with E-state index in [-0.39, 0.29) is 12.3 Å². The molecule has 1 fully saturated rings. The smallest absolute Gasteiger partial charge is 0.336 e. The second-order valence-corrected chi connectivity index (χ2v) is 7.37. The lowest BCUT2D eigenvalue weighted by Gasteiger charge is -2.33. The minimum Gasteiger partial charge on any atom is -0.423 e. The fourth-order valence-corrected chi connectivity index (χ4v) is 3.89. The lowest BCUT2D eigenvalue weighted by atomic mass is 9.97. The van der Waals surface area contributed by atoms with Gasteiger partial charge in [0.15, 0.2) is 0 Å². The van der Waals surface area contributed by atoms with Gasteiger partial charge in [0.05, 0.1) is 12.7 Å². The average Bonchev–Trinajstić information content (AvgIpc) is 3.14. The molecule has 1 amide bonds. The van der Waals surface area contributed by atoms with Crippen LogP contribution in [0.5, 0.6) is 0 Å². The molecule has 1 aliphatic rings.